The third-order valence-electron chi connectivity index (χ3n) is 2.99. The number of rotatable bonds is 10. The summed E-state index contributed by atoms with van der Waals surface area (Å²) in [4.78, 5) is 0. The zero-order chi connectivity index (χ0) is 16.5. The summed E-state index contributed by atoms with van der Waals surface area (Å²) in [5, 5.41) is 10.6. The molecule has 0 atom stereocenters. The van der Waals surface area contributed by atoms with Crippen molar-refractivity contribution in [2.24, 2.45) is 0 Å². The van der Waals surface area contributed by atoms with Crippen LogP contribution < -0.4 is 8.92 Å². The molecule has 1 heterocycles. The van der Waals surface area contributed by atoms with E-state index in [1.807, 2.05) is 0 Å². The fourth-order valence-corrected chi connectivity index (χ4v) is 2.77. The van der Waals surface area contributed by atoms with Crippen molar-refractivity contribution >= 4 is 10.1 Å². The molecule has 2 rings (SSSR count). The molecule has 2 aromatic rings. The van der Waals surface area contributed by atoms with E-state index in [-0.39, 0.29) is 11.5 Å². The van der Waals surface area contributed by atoms with Crippen LogP contribution in [0, 0.1) is 0 Å². The van der Waals surface area contributed by atoms with Crippen LogP contribution in [0.3, 0.4) is 0 Å². The Balaban J connectivity index is 1.79. The van der Waals surface area contributed by atoms with E-state index in [0.717, 1.165) is 12.8 Å². The number of hydrogen-bond donors (Lipinski definition) is 0. The lowest BCUT2D eigenvalue weighted by atomic mass is 10.3. The highest BCUT2D eigenvalue weighted by Crippen LogP contribution is 2.19. The predicted molar refractivity (Wildman–Crippen MR) is 83.7 cm³/mol. The molecule has 9 heteroatoms. The maximum absolute atomic E-state index is 11.9. The van der Waals surface area contributed by atoms with Gasteiger partial charge in [0.15, 0.2) is 0 Å². The average molecular weight is 340 g/mol. The number of ether oxygens (including phenoxy) is 1. The van der Waals surface area contributed by atoms with Gasteiger partial charge in [0.1, 0.15) is 17.8 Å². The van der Waals surface area contributed by atoms with E-state index in [1.165, 1.54) is 11.0 Å². The Bertz CT molecular complexity index is 671. The molecular weight excluding hydrogens is 320 g/mol. The molecule has 0 N–H and O–H groups in total. The van der Waals surface area contributed by atoms with Crippen molar-refractivity contribution in [3.63, 3.8) is 0 Å². The number of benzene rings is 1. The van der Waals surface area contributed by atoms with Gasteiger partial charge in [-0.05, 0) is 47.5 Å². The van der Waals surface area contributed by atoms with Crippen molar-refractivity contribution in [2.75, 3.05) is 12.4 Å². The Morgan fingerprint density at radius 1 is 1.13 bits per heavy atom. The first-order valence-corrected chi connectivity index (χ1v) is 9.02. The van der Waals surface area contributed by atoms with Gasteiger partial charge in [-0.15, -0.1) is 5.10 Å². The van der Waals surface area contributed by atoms with Crippen LogP contribution in [0.25, 0.3) is 0 Å². The molecule has 0 aliphatic rings. The van der Waals surface area contributed by atoms with Gasteiger partial charge >= 0.3 is 10.1 Å². The van der Waals surface area contributed by atoms with Crippen molar-refractivity contribution in [2.45, 2.75) is 32.7 Å². The summed E-state index contributed by atoms with van der Waals surface area (Å²) in [6.45, 7) is 3.15. The van der Waals surface area contributed by atoms with Crippen LogP contribution in [0.4, 0.5) is 0 Å². The number of aromatic nitrogens is 4. The molecule has 23 heavy (non-hydrogen) atoms. The molecule has 0 fully saturated rings. The Kier molecular flexibility index (Phi) is 6.33. The van der Waals surface area contributed by atoms with Gasteiger partial charge in [-0.2, -0.15) is 8.42 Å². The maximum Gasteiger partial charge on any atom is 0.309 e. The van der Waals surface area contributed by atoms with E-state index in [4.69, 9.17) is 8.92 Å². The van der Waals surface area contributed by atoms with Crippen LogP contribution in [0.5, 0.6) is 11.5 Å². The highest BCUT2D eigenvalue weighted by Gasteiger charge is 2.13. The minimum Gasteiger partial charge on any atom is -0.494 e. The highest BCUT2D eigenvalue weighted by molar-refractivity contribution is 7.87. The van der Waals surface area contributed by atoms with Gasteiger partial charge in [0.05, 0.1) is 12.4 Å². The van der Waals surface area contributed by atoms with Crippen LogP contribution in [0.1, 0.15) is 26.2 Å². The molecular formula is C14H20N4O4S. The minimum atomic E-state index is -3.64. The molecule has 0 radical (unpaired) electrons. The molecule has 0 amide bonds. The zero-order valence-corrected chi connectivity index (χ0v) is 13.8. The summed E-state index contributed by atoms with van der Waals surface area (Å²) in [5.74, 6) is 0.860. The summed E-state index contributed by atoms with van der Waals surface area (Å²) in [5.41, 5.74) is 0. The summed E-state index contributed by atoms with van der Waals surface area (Å²) in [6.07, 6.45) is 3.84. The summed E-state index contributed by atoms with van der Waals surface area (Å²) >= 11 is 0. The number of aryl methyl sites for hydroxylation is 1. The van der Waals surface area contributed by atoms with Gasteiger partial charge in [-0.25, -0.2) is 4.68 Å². The second-order valence-electron chi connectivity index (χ2n) is 4.95. The van der Waals surface area contributed by atoms with Gasteiger partial charge in [0.2, 0.25) is 0 Å². The maximum atomic E-state index is 11.9. The Morgan fingerprint density at radius 3 is 2.52 bits per heavy atom. The second kappa shape index (κ2) is 8.47. The van der Waals surface area contributed by atoms with Gasteiger partial charge in [-0.3, -0.25) is 0 Å². The smallest absolute Gasteiger partial charge is 0.309 e. The molecule has 0 aliphatic carbocycles. The van der Waals surface area contributed by atoms with Crippen LogP contribution in [0.2, 0.25) is 0 Å². The minimum absolute atomic E-state index is 0.110. The standard InChI is InChI=1S/C14H20N4O4S/c1-2-3-10-21-13-5-7-14(8-6-13)22-23(19,20)11-4-9-18-12-15-16-17-18/h5-8,12H,2-4,9-11H2,1H3. The summed E-state index contributed by atoms with van der Waals surface area (Å²) in [7, 11) is -3.64. The number of hydrogen-bond acceptors (Lipinski definition) is 7. The Morgan fingerprint density at radius 2 is 1.87 bits per heavy atom. The first kappa shape index (κ1) is 17.2. The molecule has 1 aromatic heterocycles. The summed E-state index contributed by atoms with van der Waals surface area (Å²) in [6, 6.07) is 6.56. The molecule has 0 bridgehead atoms. The monoisotopic (exact) mass is 340 g/mol. The van der Waals surface area contributed by atoms with Gasteiger partial charge in [0, 0.05) is 6.54 Å². The van der Waals surface area contributed by atoms with Crippen molar-refractivity contribution in [3.8, 4) is 11.5 Å². The molecule has 1 aromatic carbocycles. The van der Waals surface area contributed by atoms with Crippen molar-refractivity contribution in [1.29, 1.82) is 0 Å². The van der Waals surface area contributed by atoms with Gasteiger partial charge in [-0.1, -0.05) is 13.3 Å². The fourth-order valence-electron chi connectivity index (χ4n) is 1.80. The van der Waals surface area contributed by atoms with Crippen molar-refractivity contribution in [1.82, 2.24) is 20.2 Å². The fraction of sp³-hybridized carbons (Fsp3) is 0.500. The summed E-state index contributed by atoms with van der Waals surface area (Å²) < 4.78 is 35.9. The lowest BCUT2D eigenvalue weighted by Crippen LogP contribution is -2.15. The predicted octanol–water partition coefficient (Wildman–Crippen LogP) is 1.65. The quantitative estimate of drug-likeness (QED) is 0.479. The van der Waals surface area contributed by atoms with E-state index in [9.17, 15) is 8.42 Å². The van der Waals surface area contributed by atoms with Gasteiger partial charge in [0.25, 0.3) is 0 Å². The molecule has 0 unspecified atom stereocenters. The third kappa shape index (κ3) is 6.23. The topological polar surface area (TPSA) is 96.2 Å². The average Bonchev–Trinajstić information content (AvgIpc) is 3.02. The highest BCUT2D eigenvalue weighted by atomic mass is 32.2. The van der Waals surface area contributed by atoms with Crippen LogP contribution in [-0.4, -0.2) is 41.0 Å². The largest absolute Gasteiger partial charge is 0.494 e. The zero-order valence-electron chi connectivity index (χ0n) is 13.0. The molecule has 0 saturated carbocycles. The Labute approximate surface area is 135 Å². The van der Waals surface area contributed by atoms with Gasteiger partial charge < -0.3 is 8.92 Å². The van der Waals surface area contributed by atoms with E-state index >= 15 is 0 Å². The second-order valence-corrected chi connectivity index (χ2v) is 6.64. The molecule has 8 nitrogen and oxygen atoms in total. The van der Waals surface area contributed by atoms with E-state index in [0.29, 0.717) is 25.3 Å². The van der Waals surface area contributed by atoms with Crippen molar-refractivity contribution < 1.29 is 17.3 Å². The van der Waals surface area contributed by atoms with E-state index in [1.54, 1.807) is 24.3 Å². The first-order valence-electron chi connectivity index (χ1n) is 7.45. The van der Waals surface area contributed by atoms with E-state index < -0.39 is 10.1 Å². The molecule has 0 aliphatic heterocycles. The number of tetrazole rings is 1. The van der Waals surface area contributed by atoms with Crippen LogP contribution in [0.15, 0.2) is 30.6 Å². The van der Waals surface area contributed by atoms with Crippen LogP contribution >= 0.6 is 0 Å². The Hall–Kier alpha value is -2.16. The lowest BCUT2D eigenvalue weighted by Gasteiger charge is -2.08. The molecule has 0 saturated heterocycles. The first-order chi connectivity index (χ1) is 11.1. The number of nitrogens with zero attached hydrogens (tertiary/aromatic N) is 4. The number of unbranched alkanes of at least 4 members (excludes halogenated alkanes) is 1. The molecule has 126 valence electrons. The van der Waals surface area contributed by atoms with Crippen molar-refractivity contribution in [3.05, 3.63) is 30.6 Å². The lowest BCUT2D eigenvalue weighted by molar-refractivity contribution is 0.309. The third-order valence-corrected chi connectivity index (χ3v) is 4.22. The molecule has 0 spiro atoms. The SMILES string of the molecule is CCCCOc1ccc(OS(=O)(=O)CCCn2cnnn2)cc1. The van der Waals surface area contributed by atoms with E-state index in [2.05, 4.69) is 22.4 Å². The van der Waals surface area contributed by atoms with Crippen LogP contribution in [-0.2, 0) is 16.7 Å². The normalized spacial score (nSPS) is 11.3.